The van der Waals surface area contributed by atoms with Gasteiger partial charge in [-0.15, -0.1) is 0 Å². The molecule has 2 rings (SSSR count). The van der Waals surface area contributed by atoms with Gasteiger partial charge in [-0.05, 0) is 44.8 Å². The first-order valence-electron chi connectivity index (χ1n) is 5.68. The van der Waals surface area contributed by atoms with Crippen LogP contribution in [0.3, 0.4) is 0 Å². The van der Waals surface area contributed by atoms with Crippen molar-refractivity contribution in [1.82, 2.24) is 9.97 Å². The number of halogens is 4. The van der Waals surface area contributed by atoms with Crippen molar-refractivity contribution < 1.29 is 8.78 Å². The average molecular weight is 408 g/mol. The summed E-state index contributed by atoms with van der Waals surface area (Å²) in [4.78, 5) is 8.08. The van der Waals surface area contributed by atoms with E-state index in [0.29, 0.717) is 22.7 Å². The minimum Gasteiger partial charge on any atom is -0.369 e. The number of anilines is 3. The maximum absolute atomic E-state index is 13.7. The number of benzene rings is 1. The highest BCUT2D eigenvalue weighted by atomic mass is 79.9. The standard InChI is InChI=1S/C12H10Br2F2N4/c1-2-17-11-10(14)12(19-5-18-11)20-9-3-6(13)7(15)4-8(9)16/h3-5H,2H2,1H3,(H2,17,18,19,20). The minimum atomic E-state index is -0.707. The van der Waals surface area contributed by atoms with Gasteiger partial charge in [0.05, 0.1) is 10.2 Å². The molecule has 0 unspecified atom stereocenters. The molecule has 0 saturated carbocycles. The second-order valence-corrected chi connectivity index (χ2v) is 5.43. The molecule has 0 aliphatic heterocycles. The Labute approximate surface area is 131 Å². The first-order valence-corrected chi connectivity index (χ1v) is 7.27. The zero-order valence-corrected chi connectivity index (χ0v) is 13.5. The van der Waals surface area contributed by atoms with Gasteiger partial charge in [-0.2, -0.15) is 0 Å². The maximum atomic E-state index is 13.7. The number of hydrogen-bond donors (Lipinski definition) is 2. The summed E-state index contributed by atoms with van der Waals surface area (Å²) in [6.07, 6.45) is 1.35. The van der Waals surface area contributed by atoms with E-state index in [0.717, 1.165) is 6.07 Å². The molecule has 0 aliphatic carbocycles. The monoisotopic (exact) mass is 406 g/mol. The van der Waals surface area contributed by atoms with Crippen LogP contribution in [0.5, 0.6) is 0 Å². The fourth-order valence-corrected chi connectivity index (χ4v) is 2.28. The molecule has 0 atom stereocenters. The Kier molecular flexibility index (Phi) is 4.87. The molecule has 2 aromatic rings. The highest BCUT2D eigenvalue weighted by Gasteiger charge is 2.12. The smallest absolute Gasteiger partial charge is 0.150 e. The van der Waals surface area contributed by atoms with Crippen molar-refractivity contribution in [3.8, 4) is 0 Å². The van der Waals surface area contributed by atoms with Gasteiger partial charge in [0.1, 0.15) is 34.1 Å². The lowest BCUT2D eigenvalue weighted by molar-refractivity contribution is 0.581. The third kappa shape index (κ3) is 3.24. The van der Waals surface area contributed by atoms with E-state index >= 15 is 0 Å². The summed E-state index contributed by atoms with van der Waals surface area (Å²) < 4.78 is 27.6. The van der Waals surface area contributed by atoms with Crippen molar-refractivity contribution in [3.63, 3.8) is 0 Å². The molecule has 1 heterocycles. The van der Waals surface area contributed by atoms with Gasteiger partial charge in [0.2, 0.25) is 0 Å². The summed E-state index contributed by atoms with van der Waals surface area (Å²) >= 11 is 6.35. The van der Waals surface area contributed by atoms with E-state index in [4.69, 9.17) is 0 Å². The van der Waals surface area contributed by atoms with Crippen LogP contribution >= 0.6 is 31.9 Å². The number of rotatable bonds is 4. The van der Waals surface area contributed by atoms with Gasteiger partial charge >= 0.3 is 0 Å². The molecule has 0 spiro atoms. The van der Waals surface area contributed by atoms with Gasteiger partial charge in [0.15, 0.2) is 0 Å². The Hall–Kier alpha value is -1.28. The second-order valence-electron chi connectivity index (χ2n) is 3.79. The number of aromatic nitrogens is 2. The molecule has 106 valence electrons. The van der Waals surface area contributed by atoms with Crippen molar-refractivity contribution in [2.75, 3.05) is 17.2 Å². The molecular formula is C12H10Br2F2N4. The van der Waals surface area contributed by atoms with Gasteiger partial charge in [-0.3, -0.25) is 0 Å². The molecule has 2 N–H and O–H groups in total. The molecule has 0 fully saturated rings. The van der Waals surface area contributed by atoms with Crippen molar-refractivity contribution in [2.24, 2.45) is 0 Å². The molecule has 1 aromatic carbocycles. The molecule has 20 heavy (non-hydrogen) atoms. The van der Waals surface area contributed by atoms with E-state index in [2.05, 4.69) is 52.5 Å². The Balaban J connectivity index is 2.35. The van der Waals surface area contributed by atoms with Gasteiger partial charge in [0, 0.05) is 12.6 Å². The zero-order chi connectivity index (χ0) is 14.7. The molecular weight excluding hydrogens is 398 g/mol. The van der Waals surface area contributed by atoms with Crippen LogP contribution in [0.15, 0.2) is 27.4 Å². The van der Waals surface area contributed by atoms with E-state index < -0.39 is 11.6 Å². The van der Waals surface area contributed by atoms with Crippen molar-refractivity contribution in [2.45, 2.75) is 6.92 Å². The Morgan fingerprint density at radius 1 is 1.10 bits per heavy atom. The third-order valence-corrected chi connectivity index (χ3v) is 3.76. The van der Waals surface area contributed by atoms with Crippen LogP contribution in [-0.2, 0) is 0 Å². The first kappa shape index (κ1) is 15.1. The predicted molar refractivity (Wildman–Crippen MR) is 81.2 cm³/mol. The quantitative estimate of drug-likeness (QED) is 0.735. The summed E-state index contributed by atoms with van der Waals surface area (Å²) in [6.45, 7) is 2.61. The number of hydrogen-bond acceptors (Lipinski definition) is 4. The fourth-order valence-electron chi connectivity index (χ4n) is 1.49. The highest BCUT2D eigenvalue weighted by molar-refractivity contribution is 9.11. The average Bonchev–Trinajstić information content (AvgIpc) is 2.40. The topological polar surface area (TPSA) is 49.8 Å². The first-order chi connectivity index (χ1) is 9.52. The van der Waals surface area contributed by atoms with Crippen LogP contribution in [-0.4, -0.2) is 16.5 Å². The Bertz CT molecular complexity index is 637. The van der Waals surface area contributed by atoms with Gasteiger partial charge < -0.3 is 10.6 Å². The Morgan fingerprint density at radius 3 is 2.50 bits per heavy atom. The van der Waals surface area contributed by atoms with E-state index in [-0.39, 0.29) is 10.2 Å². The summed E-state index contributed by atoms with van der Waals surface area (Å²) in [5.74, 6) is -0.399. The van der Waals surface area contributed by atoms with E-state index in [1.807, 2.05) is 6.92 Å². The van der Waals surface area contributed by atoms with Crippen LogP contribution in [0, 0.1) is 11.6 Å². The van der Waals surface area contributed by atoms with Gasteiger partial charge in [0.25, 0.3) is 0 Å². The summed E-state index contributed by atoms with van der Waals surface area (Å²) in [6, 6.07) is 2.11. The van der Waals surface area contributed by atoms with Crippen molar-refractivity contribution >= 4 is 49.2 Å². The molecule has 4 nitrogen and oxygen atoms in total. The molecule has 0 amide bonds. The van der Waals surface area contributed by atoms with Crippen LogP contribution < -0.4 is 10.6 Å². The van der Waals surface area contributed by atoms with Gasteiger partial charge in [-0.1, -0.05) is 0 Å². The fraction of sp³-hybridized carbons (Fsp3) is 0.167. The molecule has 0 bridgehead atoms. The SMILES string of the molecule is CCNc1ncnc(Nc2cc(Br)c(F)cc2F)c1Br. The molecule has 0 saturated heterocycles. The van der Waals surface area contributed by atoms with Crippen LogP contribution in [0.4, 0.5) is 26.1 Å². The van der Waals surface area contributed by atoms with Gasteiger partial charge in [-0.25, -0.2) is 18.7 Å². The van der Waals surface area contributed by atoms with Crippen molar-refractivity contribution in [1.29, 1.82) is 0 Å². The second kappa shape index (κ2) is 6.45. The summed E-state index contributed by atoms with van der Waals surface area (Å²) in [5, 5.41) is 5.83. The van der Waals surface area contributed by atoms with Crippen LogP contribution in [0.2, 0.25) is 0 Å². The van der Waals surface area contributed by atoms with E-state index in [1.165, 1.54) is 12.4 Å². The van der Waals surface area contributed by atoms with Crippen LogP contribution in [0.25, 0.3) is 0 Å². The summed E-state index contributed by atoms with van der Waals surface area (Å²) in [7, 11) is 0. The predicted octanol–water partition coefficient (Wildman–Crippen LogP) is 4.46. The number of nitrogens with zero attached hydrogens (tertiary/aromatic N) is 2. The lowest BCUT2D eigenvalue weighted by atomic mass is 10.3. The van der Waals surface area contributed by atoms with E-state index in [9.17, 15) is 8.78 Å². The van der Waals surface area contributed by atoms with E-state index in [1.54, 1.807) is 0 Å². The molecule has 0 radical (unpaired) electrons. The molecule has 8 heteroatoms. The lowest BCUT2D eigenvalue weighted by Gasteiger charge is -2.12. The molecule has 1 aromatic heterocycles. The Morgan fingerprint density at radius 2 is 1.80 bits per heavy atom. The lowest BCUT2D eigenvalue weighted by Crippen LogP contribution is -2.04. The largest absolute Gasteiger partial charge is 0.369 e. The third-order valence-electron chi connectivity index (χ3n) is 2.40. The van der Waals surface area contributed by atoms with Crippen LogP contribution in [0.1, 0.15) is 6.92 Å². The minimum absolute atomic E-state index is 0.111. The number of nitrogens with one attached hydrogen (secondary N) is 2. The normalized spacial score (nSPS) is 10.4. The zero-order valence-electron chi connectivity index (χ0n) is 10.3. The highest BCUT2D eigenvalue weighted by Crippen LogP contribution is 2.31. The maximum Gasteiger partial charge on any atom is 0.150 e. The molecule has 0 aliphatic rings. The van der Waals surface area contributed by atoms with Crippen molar-refractivity contribution in [3.05, 3.63) is 39.0 Å². The summed E-state index contributed by atoms with van der Waals surface area (Å²) in [5.41, 5.74) is 0.111.